The smallest absolute Gasteiger partial charge is 0.325 e. The molecule has 1 aromatic carbocycles. The molecule has 3 N–H and O–H groups in total. The van der Waals surface area contributed by atoms with Crippen molar-refractivity contribution in [2.75, 3.05) is 22.1 Å². The standard InChI is InChI=1S/C25H34N4O4/c1-15(2)14-29(18-7-5-4-6-8-18)22-10-9-17(19-13-20(19)24(30)31)12-21(22)26-25(32)27-23-11-16(3)33-28-23/h9-12,15,18-20H,4-8,13-14H2,1-3H3,(H,30,31)(H2,26,27,28,32). The van der Waals surface area contributed by atoms with E-state index in [4.69, 9.17) is 4.52 Å². The van der Waals surface area contributed by atoms with Gasteiger partial charge in [-0.1, -0.05) is 44.3 Å². The number of hydrogen-bond acceptors (Lipinski definition) is 5. The van der Waals surface area contributed by atoms with Crippen LogP contribution in [0.1, 0.15) is 69.6 Å². The van der Waals surface area contributed by atoms with Gasteiger partial charge in [0.25, 0.3) is 0 Å². The van der Waals surface area contributed by atoms with Crippen molar-refractivity contribution in [2.45, 2.75) is 71.3 Å². The quantitative estimate of drug-likeness (QED) is 0.478. The molecule has 0 bridgehead atoms. The lowest BCUT2D eigenvalue weighted by Gasteiger charge is -2.38. The van der Waals surface area contributed by atoms with Gasteiger partial charge in [-0.2, -0.15) is 0 Å². The molecule has 1 heterocycles. The van der Waals surface area contributed by atoms with Gasteiger partial charge in [0.1, 0.15) is 5.76 Å². The van der Waals surface area contributed by atoms with Crippen molar-refractivity contribution in [1.29, 1.82) is 0 Å². The summed E-state index contributed by atoms with van der Waals surface area (Å²) in [7, 11) is 0. The fourth-order valence-corrected chi connectivity index (χ4v) is 4.90. The van der Waals surface area contributed by atoms with Crippen LogP contribution in [0.25, 0.3) is 0 Å². The molecule has 2 unspecified atom stereocenters. The average Bonchev–Trinajstić information content (AvgIpc) is 3.49. The van der Waals surface area contributed by atoms with E-state index in [9.17, 15) is 14.7 Å². The molecule has 0 aliphatic heterocycles. The number of anilines is 3. The van der Waals surface area contributed by atoms with Crippen molar-refractivity contribution in [3.63, 3.8) is 0 Å². The monoisotopic (exact) mass is 454 g/mol. The number of amides is 2. The van der Waals surface area contributed by atoms with Gasteiger partial charge >= 0.3 is 12.0 Å². The maximum atomic E-state index is 12.8. The second kappa shape index (κ2) is 9.85. The normalized spacial score (nSPS) is 20.5. The first-order valence-corrected chi connectivity index (χ1v) is 12.0. The highest BCUT2D eigenvalue weighted by Gasteiger charge is 2.44. The van der Waals surface area contributed by atoms with Gasteiger partial charge in [-0.05, 0) is 55.7 Å². The van der Waals surface area contributed by atoms with E-state index in [1.807, 2.05) is 12.1 Å². The number of nitrogens with one attached hydrogen (secondary N) is 2. The number of rotatable bonds is 8. The number of aliphatic carboxylic acids is 1. The first-order chi connectivity index (χ1) is 15.8. The molecule has 2 saturated carbocycles. The molecule has 8 nitrogen and oxygen atoms in total. The van der Waals surface area contributed by atoms with Gasteiger partial charge in [-0.25, -0.2) is 4.79 Å². The number of nitrogens with zero attached hydrogens (tertiary/aromatic N) is 2. The lowest BCUT2D eigenvalue weighted by molar-refractivity contribution is -0.138. The third-order valence-electron chi connectivity index (χ3n) is 6.56. The summed E-state index contributed by atoms with van der Waals surface area (Å²) in [5.74, 6) is 0.309. The van der Waals surface area contributed by atoms with E-state index < -0.39 is 12.0 Å². The predicted octanol–water partition coefficient (Wildman–Crippen LogP) is 5.61. The molecule has 178 valence electrons. The number of carbonyl (C=O) groups is 2. The van der Waals surface area contributed by atoms with Crippen molar-refractivity contribution in [2.24, 2.45) is 11.8 Å². The Bertz CT molecular complexity index is 996. The molecule has 1 aromatic heterocycles. The highest BCUT2D eigenvalue weighted by molar-refractivity contribution is 6.01. The Morgan fingerprint density at radius 1 is 1.18 bits per heavy atom. The number of carboxylic acid groups (broad SMARTS) is 1. The van der Waals surface area contributed by atoms with Gasteiger partial charge in [0.15, 0.2) is 5.82 Å². The van der Waals surface area contributed by atoms with Crippen LogP contribution in [0, 0.1) is 18.8 Å². The molecule has 2 aliphatic rings. The van der Waals surface area contributed by atoms with E-state index in [0.29, 0.717) is 35.6 Å². The van der Waals surface area contributed by atoms with Crippen molar-refractivity contribution in [1.82, 2.24) is 5.16 Å². The molecule has 0 radical (unpaired) electrons. The van der Waals surface area contributed by atoms with E-state index in [-0.39, 0.29) is 11.8 Å². The zero-order valence-corrected chi connectivity index (χ0v) is 19.6. The van der Waals surface area contributed by atoms with Crippen LogP contribution in [-0.4, -0.2) is 34.9 Å². The Kier molecular flexibility index (Phi) is 6.91. The van der Waals surface area contributed by atoms with E-state index in [1.165, 1.54) is 19.3 Å². The van der Waals surface area contributed by atoms with Crippen LogP contribution in [0.3, 0.4) is 0 Å². The summed E-state index contributed by atoms with van der Waals surface area (Å²) in [6, 6.07) is 7.72. The van der Waals surface area contributed by atoms with Gasteiger partial charge in [-0.3, -0.25) is 10.1 Å². The van der Waals surface area contributed by atoms with Crippen LogP contribution >= 0.6 is 0 Å². The van der Waals surface area contributed by atoms with E-state index in [2.05, 4.69) is 40.6 Å². The number of hydrogen-bond donors (Lipinski definition) is 3. The zero-order valence-electron chi connectivity index (χ0n) is 19.6. The van der Waals surface area contributed by atoms with Crippen LogP contribution < -0.4 is 15.5 Å². The third-order valence-corrected chi connectivity index (χ3v) is 6.56. The van der Waals surface area contributed by atoms with Crippen LogP contribution in [0.4, 0.5) is 22.0 Å². The molecule has 2 fully saturated rings. The summed E-state index contributed by atoms with van der Waals surface area (Å²) >= 11 is 0. The van der Waals surface area contributed by atoms with Gasteiger partial charge in [0.2, 0.25) is 0 Å². The lowest BCUT2D eigenvalue weighted by atomic mass is 9.92. The summed E-state index contributed by atoms with van der Waals surface area (Å²) in [4.78, 5) is 26.7. The van der Waals surface area contributed by atoms with Gasteiger partial charge in [0, 0.05) is 18.7 Å². The molecule has 33 heavy (non-hydrogen) atoms. The number of carbonyl (C=O) groups excluding carboxylic acids is 1. The first-order valence-electron chi connectivity index (χ1n) is 12.0. The fourth-order valence-electron chi connectivity index (χ4n) is 4.90. The molecule has 2 aromatic rings. The predicted molar refractivity (Wildman–Crippen MR) is 128 cm³/mol. The van der Waals surface area contributed by atoms with Crippen molar-refractivity contribution in [3.05, 3.63) is 35.6 Å². The topological polar surface area (TPSA) is 108 Å². The van der Waals surface area contributed by atoms with Crippen molar-refractivity contribution < 1.29 is 19.2 Å². The van der Waals surface area contributed by atoms with Gasteiger partial charge in [0.05, 0.1) is 17.3 Å². The Morgan fingerprint density at radius 2 is 1.94 bits per heavy atom. The Labute approximate surface area is 194 Å². The molecular formula is C25H34N4O4. The van der Waals surface area contributed by atoms with Gasteiger partial charge in [-0.15, -0.1) is 0 Å². The average molecular weight is 455 g/mol. The summed E-state index contributed by atoms with van der Waals surface area (Å²) in [5.41, 5.74) is 2.64. The molecule has 2 atom stereocenters. The second-order valence-electron chi connectivity index (χ2n) is 9.80. The van der Waals surface area contributed by atoms with E-state index >= 15 is 0 Å². The van der Waals surface area contributed by atoms with Crippen LogP contribution in [0.2, 0.25) is 0 Å². The minimum absolute atomic E-state index is 0.00780. The number of urea groups is 1. The maximum Gasteiger partial charge on any atom is 0.325 e. The Hall–Kier alpha value is -3.03. The molecular weight excluding hydrogens is 420 g/mol. The van der Waals surface area contributed by atoms with Crippen LogP contribution in [0.15, 0.2) is 28.8 Å². The Balaban J connectivity index is 1.63. The van der Waals surface area contributed by atoms with E-state index in [1.54, 1.807) is 13.0 Å². The fraction of sp³-hybridized carbons (Fsp3) is 0.560. The Morgan fingerprint density at radius 3 is 2.55 bits per heavy atom. The number of carboxylic acids is 1. The summed E-state index contributed by atoms with van der Waals surface area (Å²) in [6.07, 6.45) is 6.62. The van der Waals surface area contributed by atoms with Gasteiger partial charge < -0.3 is 19.8 Å². The third kappa shape index (κ3) is 5.67. The summed E-state index contributed by atoms with van der Waals surface area (Å²) < 4.78 is 5.04. The number of aryl methyl sites for hydroxylation is 1. The number of benzene rings is 1. The lowest BCUT2D eigenvalue weighted by Crippen LogP contribution is -2.40. The molecule has 8 heteroatoms. The second-order valence-corrected chi connectivity index (χ2v) is 9.80. The van der Waals surface area contributed by atoms with E-state index in [0.717, 1.165) is 30.6 Å². The minimum Gasteiger partial charge on any atom is -0.481 e. The number of aromatic nitrogens is 1. The highest BCUT2D eigenvalue weighted by atomic mass is 16.5. The molecule has 0 spiro atoms. The first kappa shape index (κ1) is 23.1. The van der Waals surface area contributed by atoms with Crippen LogP contribution in [0.5, 0.6) is 0 Å². The SMILES string of the molecule is Cc1cc(NC(=O)Nc2cc(C3CC3C(=O)O)ccc2N(CC(C)C)C2CCCCC2)no1. The molecule has 2 aliphatic carbocycles. The molecule has 0 saturated heterocycles. The highest BCUT2D eigenvalue weighted by Crippen LogP contribution is 2.49. The van der Waals surface area contributed by atoms with Crippen molar-refractivity contribution in [3.8, 4) is 0 Å². The molecule has 4 rings (SSSR count). The summed E-state index contributed by atoms with van der Waals surface area (Å²) in [6.45, 7) is 7.07. The summed E-state index contributed by atoms with van der Waals surface area (Å²) in [5, 5.41) is 18.9. The molecule has 2 amide bonds. The maximum absolute atomic E-state index is 12.8. The zero-order chi connectivity index (χ0) is 23.5. The largest absolute Gasteiger partial charge is 0.481 e. The minimum atomic E-state index is -0.763. The van der Waals surface area contributed by atoms with Crippen LogP contribution in [-0.2, 0) is 4.79 Å². The van der Waals surface area contributed by atoms with Crippen molar-refractivity contribution >= 4 is 29.2 Å².